The molecule has 0 fully saturated rings. The van der Waals surface area contributed by atoms with Crippen molar-refractivity contribution in [3.05, 3.63) is 77.6 Å². The van der Waals surface area contributed by atoms with Gasteiger partial charge >= 0.3 is 5.97 Å². The molecule has 4 nitrogen and oxygen atoms in total. The first kappa shape index (κ1) is 18.4. The summed E-state index contributed by atoms with van der Waals surface area (Å²) >= 11 is 0. The van der Waals surface area contributed by atoms with Crippen LogP contribution in [0.4, 0.5) is 4.39 Å². The lowest BCUT2D eigenvalue weighted by Crippen LogP contribution is -2.36. The van der Waals surface area contributed by atoms with Crippen LogP contribution in [0.15, 0.2) is 60.7 Å². The molecule has 0 unspecified atom stereocenters. The Balaban J connectivity index is 1.76. The molecule has 2 aromatic carbocycles. The van der Waals surface area contributed by atoms with E-state index in [1.807, 2.05) is 30.3 Å². The van der Waals surface area contributed by atoms with Crippen molar-refractivity contribution in [1.82, 2.24) is 5.32 Å². The first-order chi connectivity index (χ1) is 12.1. The molecule has 0 spiro atoms. The number of ether oxygens (including phenoxy) is 1. The van der Waals surface area contributed by atoms with Crippen LogP contribution in [-0.2, 0) is 20.7 Å². The molecule has 2 aromatic rings. The molecule has 1 N–H and O–H groups in total. The number of hydrogen-bond donors (Lipinski definition) is 1. The van der Waals surface area contributed by atoms with Gasteiger partial charge in [-0.05, 0) is 31.1 Å². The summed E-state index contributed by atoms with van der Waals surface area (Å²) < 4.78 is 18.5. The highest BCUT2D eigenvalue weighted by Gasteiger charge is 2.15. The van der Waals surface area contributed by atoms with Gasteiger partial charge in [-0.3, -0.25) is 4.79 Å². The lowest BCUT2D eigenvalue weighted by molar-refractivity contribution is -0.150. The van der Waals surface area contributed by atoms with E-state index in [9.17, 15) is 14.0 Å². The summed E-state index contributed by atoms with van der Waals surface area (Å²) in [6.45, 7) is 1.95. The van der Waals surface area contributed by atoms with E-state index in [-0.39, 0.29) is 11.5 Å². The van der Waals surface area contributed by atoms with Crippen LogP contribution < -0.4 is 5.32 Å². The highest BCUT2D eigenvalue weighted by molar-refractivity contribution is 5.90. The third kappa shape index (κ3) is 6.22. The molecule has 130 valence electrons. The zero-order valence-electron chi connectivity index (χ0n) is 13.9. The molecule has 25 heavy (non-hydrogen) atoms. The van der Waals surface area contributed by atoms with Gasteiger partial charge in [0.05, 0.1) is 0 Å². The molecular formula is C20H20FNO3. The van der Waals surface area contributed by atoms with Gasteiger partial charge in [0.25, 0.3) is 5.91 Å². The summed E-state index contributed by atoms with van der Waals surface area (Å²) in [5, 5.41) is 2.72. The summed E-state index contributed by atoms with van der Waals surface area (Å²) in [4.78, 5) is 23.7. The molecule has 0 bridgehead atoms. The predicted octanol–water partition coefficient (Wildman–Crippen LogP) is 3.13. The average molecular weight is 341 g/mol. The molecule has 2 rings (SSSR count). The average Bonchev–Trinajstić information content (AvgIpc) is 2.62. The summed E-state index contributed by atoms with van der Waals surface area (Å²) in [6.07, 6.45) is 2.19. The minimum absolute atomic E-state index is 0.277. The van der Waals surface area contributed by atoms with E-state index in [1.54, 1.807) is 18.2 Å². The maximum Gasteiger partial charge on any atom is 0.331 e. The first-order valence-electron chi connectivity index (χ1n) is 8.01. The van der Waals surface area contributed by atoms with Gasteiger partial charge in [-0.15, -0.1) is 0 Å². The van der Waals surface area contributed by atoms with Crippen molar-refractivity contribution in [3.63, 3.8) is 0 Å². The Morgan fingerprint density at radius 3 is 2.52 bits per heavy atom. The van der Waals surface area contributed by atoms with Crippen molar-refractivity contribution in [2.45, 2.75) is 19.4 Å². The Morgan fingerprint density at radius 2 is 1.80 bits per heavy atom. The minimum atomic E-state index is -0.923. The SMILES string of the molecule is C[C@@H](OC(=O)/C=C/c1ccccc1F)C(=O)NCCc1ccccc1. The maximum atomic E-state index is 13.4. The second kappa shape index (κ2) is 9.37. The topological polar surface area (TPSA) is 55.4 Å². The molecule has 0 aromatic heterocycles. The van der Waals surface area contributed by atoms with Crippen LogP contribution in [-0.4, -0.2) is 24.5 Å². The van der Waals surface area contributed by atoms with Gasteiger partial charge in [0.1, 0.15) is 5.82 Å². The summed E-state index contributed by atoms with van der Waals surface area (Å²) in [5.41, 5.74) is 1.39. The van der Waals surface area contributed by atoms with Crippen molar-refractivity contribution in [2.24, 2.45) is 0 Å². The molecule has 1 amide bonds. The Kier molecular flexibility index (Phi) is 6.89. The number of carbonyl (C=O) groups excluding carboxylic acids is 2. The first-order valence-corrected chi connectivity index (χ1v) is 8.01. The summed E-state index contributed by atoms with van der Waals surface area (Å²) in [6, 6.07) is 15.8. The summed E-state index contributed by atoms with van der Waals surface area (Å²) in [5.74, 6) is -1.50. The molecule has 0 saturated heterocycles. The molecule has 0 heterocycles. The largest absolute Gasteiger partial charge is 0.449 e. The normalized spacial score (nSPS) is 11.9. The third-order valence-corrected chi connectivity index (χ3v) is 3.52. The molecule has 5 heteroatoms. The van der Waals surface area contributed by atoms with Gasteiger partial charge < -0.3 is 10.1 Å². The highest BCUT2D eigenvalue weighted by atomic mass is 19.1. The fraction of sp³-hybridized carbons (Fsp3) is 0.200. The Morgan fingerprint density at radius 1 is 1.12 bits per heavy atom. The maximum absolute atomic E-state index is 13.4. The van der Waals surface area contributed by atoms with E-state index < -0.39 is 17.9 Å². The predicted molar refractivity (Wildman–Crippen MR) is 94.1 cm³/mol. The molecular weight excluding hydrogens is 321 g/mol. The van der Waals surface area contributed by atoms with E-state index in [0.29, 0.717) is 13.0 Å². The third-order valence-electron chi connectivity index (χ3n) is 3.52. The molecule has 0 saturated carbocycles. The fourth-order valence-electron chi connectivity index (χ4n) is 2.15. The van der Waals surface area contributed by atoms with Crippen molar-refractivity contribution in [2.75, 3.05) is 6.54 Å². The zero-order valence-corrected chi connectivity index (χ0v) is 13.9. The monoisotopic (exact) mass is 341 g/mol. The molecule has 1 atom stereocenters. The number of esters is 1. The Hall–Kier alpha value is -2.95. The van der Waals surface area contributed by atoms with E-state index in [2.05, 4.69) is 5.32 Å². The van der Waals surface area contributed by atoms with E-state index in [4.69, 9.17) is 4.74 Å². The van der Waals surface area contributed by atoms with Gasteiger partial charge in [-0.25, -0.2) is 9.18 Å². The van der Waals surface area contributed by atoms with Crippen LogP contribution in [0.5, 0.6) is 0 Å². The van der Waals surface area contributed by atoms with Crippen molar-refractivity contribution >= 4 is 18.0 Å². The lowest BCUT2D eigenvalue weighted by atomic mass is 10.1. The van der Waals surface area contributed by atoms with Crippen molar-refractivity contribution in [1.29, 1.82) is 0 Å². The van der Waals surface area contributed by atoms with E-state index in [1.165, 1.54) is 19.1 Å². The number of amides is 1. The van der Waals surface area contributed by atoms with Crippen LogP contribution >= 0.6 is 0 Å². The Bertz CT molecular complexity index is 744. The van der Waals surface area contributed by atoms with Crippen LogP contribution in [0.3, 0.4) is 0 Å². The smallest absolute Gasteiger partial charge is 0.331 e. The van der Waals surface area contributed by atoms with E-state index >= 15 is 0 Å². The van der Waals surface area contributed by atoms with Gasteiger partial charge in [0.2, 0.25) is 0 Å². The van der Waals surface area contributed by atoms with Crippen LogP contribution in [0.1, 0.15) is 18.1 Å². The Labute approximate surface area is 146 Å². The standard InChI is InChI=1S/C20H20FNO3/c1-15(20(24)22-14-13-16-7-3-2-4-8-16)25-19(23)12-11-17-9-5-6-10-18(17)21/h2-12,15H,13-14H2,1H3,(H,22,24)/b12-11+/t15-/m1/s1. The number of rotatable bonds is 7. The molecule has 0 aliphatic rings. The number of carbonyl (C=O) groups is 2. The number of nitrogens with one attached hydrogen (secondary N) is 1. The fourth-order valence-corrected chi connectivity index (χ4v) is 2.15. The van der Waals surface area contributed by atoms with Crippen LogP contribution in [0.2, 0.25) is 0 Å². The van der Waals surface area contributed by atoms with Gasteiger partial charge in [0.15, 0.2) is 6.10 Å². The number of halogens is 1. The van der Waals surface area contributed by atoms with E-state index in [0.717, 1.165) is 11.6 Å². The van der Waals surface area contributed by atoms with Gasteiger partial charge in [-0.2, -0.15) is 0 Å². The quantitative estimate of drug-likeness (QED) is 0.622. The highest BCUT2D eigenvalue weighted by Crippen LogP contribution is 2.08. The molecule has 0 aliphatic carbocycles. The van der Waals surface area contributed by atoms with Crippen LogP contribution in [0, 0.1) is 5.82 Å². The van der Waals surface area contributed by atoms with Gasteiger partial charge in [-0.1, -0.05) is 48.5 Å². The molecule has 0 aliphatic heterocycles. The second-order valence-electron chi connectivity index (χ2n) is 5.46. The number of benzene rings is 2. The minimum Gasteiger partial charge on any atom is -0.449 e. The lowest BCUT2D eigenvalue weighted by Gasteiger charge is -2.12. The molecule has 0 radical (unpaired) electrons. The number of hydrogen-bond acceptors (Lipinski definition) is 3. The summed E-state index contributed by atoms with van der Waals surface area (Å²) in [7, 11) is 0. The van der Waals surface area contributed by atoms with Crippen LogP contribution in [0.25, 0.3) is 6.08 Å². The van der Waals surface area contributed by atoms with Gasteiger partial charge in [0, 0.05) is 18.2 Å². The van der Waals surface area contributed by atoms with Crippen molar-refractivity contribution in [3.8, 4) is 0 Å². The van der Waals surface area contributed by atoms with Crippen molar-refractivity contribution < 1.29 is 18.7 Å². The second-order valence-corrected chi connectivity index (χ2v) is 5.46. The zero-order chi connectivity index (χ0) is 18.1.